The number of fused-ring (bicyclic) bond motifs is 1. The van der Waals surface area contributed by atoms with Gasteiger partial charge in [0.15, 0.2) is 0 Å². The van der Waals surface area contributed by atoms with Gasteiger partial charge >= 0.3 is 0 Å². The number of nitrogens with one attached hydrogen (secondary N) is 1. The van der Waals surface area contributed by atoms with Gasteiger partial charge in [0.2, 0.25) is 0 Å². The fourth-order valence-corrected chi connectivity index (χ4v) is 2.56. The van der Waals surface area contributed by atoms with Crippen LogP contribution in [0.1, 0.15) is 25.1 Å². The highest BCUT2D eigenvalue weighted by atomic mass is 15.0. The summed E-state index contributed by atoms with van der Waals surface area (Å²) in [5, 5.41) is 3.53. The number of nitrogens with zero attached hydrogens (tertiary/aromatic N) is 2. The van der Waals surface area contributed by atoms with E-state index in [9.17, 15) is 0 Å². The van der Waals surface area contributed by atoms with Crippen LogP contribution in [0.2, 0.25) is 0 Å². The Bertz CT molecular complexity index is 333. The summed E-state index contributed by atoms with van der Waals surface area (Å²) in [6.07, 6.45) is 7.94. The van der Waals surface area contributed by atoms with Gasteiger partial charge in [-0.2, -0.15) is 0 Å². The number of hydrogen-bond donors (Lipinski definition) is 1. The van der Waals surface area contributed by atoms with Crippen LogP contribution in [0.15, 0.2) is 12.4 Å². The zero-order valence-electron chi connectivity index (χ0n) is 8.40. The second-order valence-corrected chi connectivity index (χ2v) is 4.51. The molecule has 3 heteroatoms. The van der Waals surface area contributed by atoms with E-state index in [0.29, 0.717) is 6.04 Å². The number of rotatable bonds is 2. The van der Waals surface area contributed by atoms with E-state index in [-0.39, 0.29) is 0 Å². The average Bonchev–Trinajstić information content (AvgIpc) is 2.88. The molecule has 3 atom stereocenters. The van der Waals surface area contributed by atoms with Crippen LogP contribution >= 0.6 is 0 Å². The zero-order chi connectivity index (χ0) is 9.54. The molecule has 1 aromatic heterocycles. The minimum atomic E-state index is 0.686. The fraction of sp³-hybridized carbons (Fsp3) is 0.636. The monoisotopic (exact) mass is 189 g/mol. The highest BCUT2D eigenvalue weighted by Gasteiger charge is 2.47. The Labute approximate surface area is 84.0 Å². The van der Waals surface area contributed by atoms with Crippen LogP contribution in [0.3, 0.4) is 0 Å². The molecule has 0 aromatic carbocycles. The van der Waals surface area contributed by atoms with Gasteiger partial charge < -0.3 is 5.32 Å². The predicted molar refractivity (Wildman–Crippen MR) is 55.0 cm³/mol. The van der Waals surface area contributed by atoms with E-state index in [1.165, 1.54) is 19.3 Å². The summed E-state index contributed by atoms with van der Waals surface area (Å²) in [4.78, 5) is 8.37. The SMILES string of the molecule is Cc1ncc(NC2CC[C@@H]3C[C@H]23)cn1. The minimum Gasteiger partial charge on any atom is -0.380 e. The van der Waals surface area contributed by atoms with Crippen LogP contribution in [-0.2, 0) is 0 Å². The van der Waals surface area contributed by atoms with Crippen molar-refractivity contribution in [2.45, 2.75) is 32.2 Å². The molecule has 2 saturated carbocycles. The van der Waals surface area contributed by atoms with E-state index in [1.807, 2.05) is 19.3 Å². The minimum absolute atomic E-state index is 0.686. The fourth-order valence-electron chi connectivity index (χ4n) is 2.56. The number of anilines is 1. The third kappa shape index (κ3) is 1.37. The topological polar surface area (TPSA) is 37.8 Å². The van der Waals surface area contributed by atoms with Gasteiger partial charge in [0.05, 0.1) is 18.1 Å². The van der Waals surface area contributed by atoms with E-state index < -0.39 is 0 Å². The van der Waals surface area contributed by atoms with Crippen molar-refractivity contribution in [3.05, 3.63) is 18.2 Å². The molecule has 3 rings (SSSR count). The van der Waals surface area contributed by atoms with Gasteiger partial charge in [-0.25, -0.2) is 9.97 Å². The van der Waals surface area contributed by atoms with Crippen LogP contribution in [0, 0.1) is 18.8 Å². The van der Waals surface area contributed by atoms with Crippen molar-refractivity contribution in [3.8, 4) is 0 Å². The number of hydrogen-bond acceptors (Lipinski definition) is 3. The summed E-state index contributed by atoms with van der Waals surface area (Å²) in [6, 6.07) is 0.686. The average molecular weight is 189 g/mol. The molecule has 1 N–H and O–H groups in total. The number of aryl methyl sites for hydroxylation is 1. The van der Waals surface area contributed by atoms with Gasteiger partial charge in [-0.3, -0.25) is 0 Å². The molecule has 2 aliphatic rings. The van der Waals surface area contributed by atoms with Crippen molar-refractivity contribution in [1.82, 2.24) is 9.97 Å². The maximum absolute atomic E-state index is 4.19. The lowest BCUT2D eigenvalue weighted by atomic mass is 10.1. The molecule has 3 nitrogen and oxygen atoms in total. The molecule has 0 aliphatic heterocycles. The first-order chi connectivity index (χ1) is 6.83. The van der Waals surface area contributed by atoms with Gasteiger partial charge in [0.25, 0.3) is 0 Å². The molecule has 0 bridgehead atoms. The molecule has 14 heavy (non-hydrogen) atoms. The van der Waals surface area contributed by atoms with Crippen LogP contribution in [-0.4, -0.2) is 16.0 Å². The molecule has 0 radical (unpaired) electrons. The lowest BCUT2D eigenvalue weighted by molar-refractivity contribution is 0.653. The summed E-state index contributed by atoms with van der Waals surface area (Å²) in [6.45, 7) is 1.91. The van der Waals surface area contributed by atoms with Crippen LogP contribution in [0.4, 0.5) is 5.69 Å². The highest BCUT2D eigenvalue weighted by Crippen LogP contribution is 2.52. The van der Waals surface area contributed by atoms with Crippen molar-refractivity contribution in [3.63, 3.8) is 0 Å². The third-order valence-corrected chi connectivity index (χ3v) is 3.48. The van der Waals surface area contributed by atoms with Crippen molar-refractivity contribution in [2.75, 3.05) is 5.32 Å². The molecule has 74 valence electrons. The van der Waals surface area contributed by atoms with Crippen molar-refractivity contribution in [2.24, 2.45) is 11.8 Å². The Hall–Kier alpha value is -1.12. The lowest BCUT2D eigenvalue weighted by Gasteiger charge is -2.14. The second kappa shape index (κ2) is 2.94. The van der Waals surface area contributed by atoms with E-state index in [0.717, 1.165) is 23.3 Å². The molecular weight excluding hydrogens is 174 g/mol. The summed E-state index contributed by atoms with van der Waals surface area (Å²) < 4.78 is 0. The summed E-state index contributed by atoms with van der Waals surface area (Å²) >= 11 is 0. The standard InChI is InChI=1S/C11H15N3/c1-7-12-5-9(6-13-7)14-11-3-2-8-4-10(8)11/h5-6,8,10-11,14H,2-4H2,1H3/t8-,10+,11?/m1/s1. The smallest absolute Gasteiger partial charge is 0.125 e. The van der Waals surface area contributed by atoms with E-state index in [1.54, 1.807) is 0 Å². The van der Waals surface area contributed by atoms with Crippen molar-refractivity contribution >= 4 is 5.69 Å². The number of aromatic nitrogens is 2. The molecule has 2 fully saturated rings. The van der Waals surface area contributed by atoms with E-state index in [4.69, 9.17) is 0 Å². The van der Waals surface area contributed by atoms with Gasteiger partial charge in [-0.1, -0.05) is 0 Å². The molecule has 1 aromatic rings. The zero-order valence-corrected chi connectivity index (χ0v) is 8.40. The van der Waals surface area contributed by atoms with Gasteiger partial charge in [0, 0.05) is 6.04 Å². The molecule has 0 saturated heterocycles. The molecule has 0 spiro atoms. The molecule has 1 heterocycles. The quantitative estimate of drug-likeness (QED) is 0.773. The van der Waals surface area contributed by atoms with E-state index >= 15 is 0 Å². The van der Waals surface area contributed by atoms with Gasteiger partial charge in [-0.05, 0) is 38.0 Å². The van der Waals surface area contributed by atoms with Crippen LogP contribution in [0.25, 0.3) is 0 Å². The lowest BCUT2D eigenvalue weighted by Crippen LogP contribution is -2.19. The first-order valence-electron chi connectivity index (χ1n) is 5.38. The second-order valence-electron chi connectivity index (χ2n) is 4.51. The van der Waals surface area contributed by atoms with E-state index in [2.05, 4.69) is 15.3 Å². The maximum Gasteiger partial charge on any atom is 0.125 e. The molecule has 1 unspecified atom stereocenters. The Morgan fingerprint density at radius 2 is 2.07 bits per heavy atom. The Morgan fingerprint density at radius 1 is 1.29 bits per heavy atom. The highest BCUT2D eigenvalue weighted by molar-refractivity contribution is 5.40. The molecule has 0 amide bonds. The molecular formula is C11H15N3. The van der Waals surface area contributed by atoms with Crippen LogP contribution < -0.4 is 5.32 Å². The summed E-state index contributed by atoms with van der Waals surface area (Å²) in [7, 11) is 0. The Morgan fingerprint density at radius 3 is 2.64 bits per heavy atom. The molecule has 2 aliphatic carbocycles. The summed E-state index contributed by atoms with van der Waals surface area (Å²) in [5.74, 6) is 2.81. The Balaban J connectivity index is 1.69. The third-order valence-electron chi connectivity index (χ3n) is 3.48. The van der Waals surface area contributed by atoms with Crippen molar-refractivity contribution in [1.29, 1.82) is 0 Å². The normalized spacial score (nSPS) is 33.9. The van der Waals surface area contributed by atoms with Gasteiger partial charge in [-0.15, -0.1) is 0 Å². The largest absolute Gasteiger partial charge is 0.380 e. The van der Waals surface area contributed by atoms with Crippen LogP contribution in [0.5, 0.6) is 0 Å². The van der Waals surface area contributed by atoms with Crippen molar-refractivity contribution < 1.29 is 0 Å². The first-order valence-corrected chi connectivity index (χ1v) is 5.38. The Kier molecular flexibility index (Phi) is 1.72. The predicted octanol–water partition coefficient (Wildman–Crippen LogP) is 2.00. The maximum atomic E-state index is 4.19. The summed E-state index contributed by atoms with van der Waals surface area (Å²) in [5.41, 5.74) is 1.08. The van der Waals surface area contributed by atoms with Gasteiger partial charge in [0.1, 0.15) is 5.82 Å². The first kappa shape index (κ1) is 8.21.